The van der Waals surface area contributed by atoms with Gasteiger partial charge in [0.05, 0.1) is 39.1 Å². The van der Waals surface area contributed by atoms with Gasteiger partial charge in [-0.1, -0.05) is 58.0 Å². The molecule has 0 radical (unpaired) electrons. The highest BCUT2D eigenvalue weighted by Crippen LogP contribution is 2.42. The van der Waals surface area contributed by atoms with Crippen molar-refractivity contribution < 1.29 is 4.74 Å². The second-order valence-corrected chi connectivity index (χ2v) is 16.8. The zero-order valence-electron chi connectivity index (χ0n) is 35.0. The van der Waals surface area contributed by atoms with Crippen LogP contribution in [-0.4, -0.2) is 23.9 Å². The fourth-order valence-corrected chi connectivity index (χ4v) is 9.09. The Morgan fingerprint density at radius 1 is 0.561 bits per heavy atom. The summed E-state index contributed by atoms with van der Waals surface area (Å²) in [6.45, 7) is 24.3. The first-order valence-electron chi connectivity index (χ1n) is 20.2. The Kier molecular flexibility index (Phi) is 8.65. The van der Waals surface area contributed by atoms with Crippen molar-refractivity contribution in [3.8, 4) is 28.7 Å². The van der Waals surface area contributed by atoms with Crippen LogP contribution in [-0.2, 0) is 0 Å². The molecule has 0 bridgehead atoms. The SMILES string of the molecule is Cc1cc(Oc2ccc3c4ccccc4n(-c4ncc(C)c(-n5c6c(C)cc(C(C)C)cc6c6cc(C(C)C)cc(C)c65)c4C)c3c2)cc(-n2nc(C)cc2C)c1. The molecule has 0 aliphatic rings. The monoisotopic (exact) mass is 749 g/mol. The van der Waals surface area contributed by atoms with Crippen molar-refractivity contribution in [2.45, 2.75) is 88.0 Å². The normalized spacial score (nSPS) is 12.1. The van der Waals surface area contributed by atoms with E-state index in [1.807, 2.05) is 11.6 Å². The lowest BCUT2D eigenvalue weighted by atomic mass is 9.95. The number of benzene rings is 5. The van der Waals surface area contributed by atoms with Crippen molar-refractivity contribution in [3.05, 3.63) is 148 Å². The van der Waals surface area contributed by atoms with Crippen LogP contribution in [0.2, 0.25) is 0 Å². The first-order chi connectivity index (χ1) is 27.3. The molecule has 0 aliphatic carbocycles. The molecular weight excluding hydrogens is 699 g/mol. The van der Waals surface area contributed by atoms with Gasteiger partial charge in [0.25, 0.3) is 0 Å². The highest BCUT2D eigenvalue weighted by Gasteiger charge is 2.24. The third kappa shape index (κ3) is 5.92. The number of fused-ring (bicyclic) bond motifs is 6. The van der Waals surface area contributed by atoms with Crippen molar-refractivity contribution in [1.82, 2.24) is 23.9 Å². The van der Waals surface area contributed by atoms with Crippen LogP contribution in [0.5, 0.6) is 11.5 Å². The summed E-state index contributed by atoms with van der Waals surface area (Å²) >= 11 is 0. The Hall–Kier alpha value is -6.14. The minimum atomic E-state index is 0.430. The molecule has 0 fully saturated rings. The third-order valence-corrected chi connectivity index (χ3v) is 11.8. The number of nitrogens with zero attached hydrogens (tertiary/aromatic N) is 5. The molecule has 9 aromatic rings. The van der Waals surface area contributed by atoms with Crippen LogP contribution in [0.4, 0.5) is 0 Å². The molecule has 286 valence electrons. The van der Waals surface area contributed by atoms with Gasteiger partial charge in [0.15, 0.2) is 0 Å². The van der Waals surface area contributed by atoms with Gasteiger partial charge in [-0.05, 0) is 142 Å². The van der Waals surface area contributed by atoms with Crippen LogP contribution in [0.1, 0.15) is 89.9 Å². The Morgan fingerprint density at radius 2 is 1.21 bits per heavy atom. The standard InChI is InChI=1S/C51H51N5O/c1-28(2)37-20-31(6)49-44(23-37)45-24-38(29(3)4)21-32(7)50(45)55(49)48-33(8)27-52-51(36(48)11)54-46-15-13-12-14-42(46)43-17-16-40(26-47(43)54)57-41-19-30(5)18-39(25-41)56-35(10)22-34(9)53-56/h12-29H,1-11H3. The molecule has 4 aromatic heterocycles. The zero-order chi connectivity index (χ0) is 40.0. The topological polar surface area (TPSA) is 49.8 Å². The first kappa shape index (κ1) is 36.5. The summed E-state index contributed by atoms with van der Waals surface area (Å²) in [4.78, 5) is 5.25. The smallest absolute Gasteiger partial charge is 0.142 e. The highest BCUT2D eigenvalue weighted by atomic mass is 16.5. The Morgan fingerprint density at radius 3 is 1.84 bits per heavy atom. The van der Waals surface area contributed by atoms with Gasteiger partial charge >= 0.3 is 0 Å². The largest absolute Gasteiger partial charge is 0.457 e. The van der Waals surface area contributed by atoms with Crippen LogP contribution in [0.3, 0.4) is 0 Å². The molecule has 4 heterocycles. The predicted octanol–water partition coefficient (Wildman–Crippen LogP) is 13.7. The zero-order valence-corrected chi connectivity index (χ0v) is 35.0. The van der Waals surface area contributed by atoms with Gasteiger partial charge in [-0.3, -0.25) is 4.57 Å². The van der Waals surface area contributed by atoms with E-state index in [4.69, 9.17) is 14.8 Å². The maximum Gasteiger partial charge on any atom is 0.142 e. The molecule has 0 atom stereocenters. The van der Waals surface area contributed by atoms with Crippen LogP contribution in [0.25, 0.3) is 60.8 Å². The molecule has 6 nitrogen and oxygen atoms in total. The van der Waals surface area contributed by atoms with E-state index in [9.17, 15) is 0 Å². The number of aryl methyl sites for hydroxylation is 6. The predicted molar refractivity (Wildman–Crippen MR) is 238 cm³/mol. The summed E-state index contributed by atoms with van der Waals surface area (Å²) in [7, 11) is 0. The second-order valence-electron chi connectivity index (χ2n) is 16.8. The van der Waals surface area contributed by atoms with E-state index >= 15 is 0 Å². The maximum atomic E-state index is 6.69. The fraction of sp³-hybridized carbons (Fsp3) is 0.255. The molecule has 0 saturated heterocycles. The van der Waals surface area contributed by atoms with Gasteiger partial charge in [0.1, 0.15) is 17.3 Å². The molecule has 0 amide bonds. The van der Waals surface area contributed by atoms with Crippen molar-refractivity contribution in [2.24, 2.45) is 0 Å². The van der Waals surface area contributed by atoms with Crippen LogP contribution < -0.4 is 4.74 Å². The molecular formula is C51H51N5O. The Bertz CT molecular complexity index is 3010. The minimum Gasteiger partial charge on any atom is -0.457 e. The van der Waals surface area contributed by atoms with E-state index in [0.717, 1.165) is 67.5 Å². The number of pyridine rings is 1. The molecule has 0 N–H and O–H groups in total. The average Bonchev–Trinajstić information content (AvgIpc) is 3.80. The fourth-order valence-electron chi connectivity index (χ4n) is 9.09. The molecule has 57 heavy (non-hydrogen) atoms. The summed E-state index contributed by atoms with van der Waals surface area (Å²) < 4.78 is 13.5. The van der Waals surface area contributed by atoms with Gasteiger partial charge in [0, 0.05) is 51.1 Å². The minimum absolute atomic E-state index is 0.430. The summed E-state index contributed by atoms with van der Waals surface area (Å²) in [5, 5.41) is 9.69. The number of para-hydroxylation sites is 1. The van der Waals surface area contributed by atoms with Crippen molar-refractivity contribution in [1.29, 1.82) is 0 Å². The average molecular weight is 750 g/mol. The van der Waals surface area contributed by atoms with Crippen molar-refractivity contribution in [3.63, 3.8) is 0 Å². The van der Waals surface area contributed by atoms with E-state index in [0.29, 0.717) is 11.8 Å². The van der Waals surface area contributed by atoms with E-state index in [1.54, 1.807) is 0 Å². The van der Waals surface area contributed by atoms with Crippen molar-refractivity contribution in [2.75, 3.05) is 0 Å². The summed E-state index contributed by atoms with van der Waals surface area (Å²) in [5.41, 5.74) is 17.6. The van der Waals surface area contributed by atoms with Crippen LogP contribution >= 0.6 is 0 Å². The molecule has 0 saturated carbocycles. The number of hydrogen-bond acceptors (Lipinski definition) is 3. The number of rotatable bonds is 7. The molecule has 0 unspecified atom stereocenters. The quantitative estimate of drug-likeness (QED) is 0.163. The first-order valence-corrected chi connectivity index (χ1v) is 20.2. The molecule has 9 rings (SSSR count). The number of hydrogen-bond donors (Lipinski definition) is 0. The van der Waals surface area contributed by atoms with Gasteiger partial charge < -0.3 is 9.30 Å². The van der Waals surface area contributed by atoms with E-state index in [2.05, 4.69) is 176 Å². The Labute approximate surface area is 335 Å². The van der Waals surface area contributed by atoms with Gasteiger partial charge in [-0.15, -0.1) is 0 Å². The lowest BCUT2D eigenvalue weighted by Gasteiger charge is -2.20. The molecule has 0 spiro atoms. The van der Waals surface area contributed by atoms with Crippen molar-refractivity contribution >= 4 is 43.6 Å². The lowest BCUT2D eigenvalue weighted by molar-refractivity contribution is 0.482. The summed E-state index contributed by atoms with van der Waals surface area (Å²) in [6.07, 6.45) is 2.05. The number of ether oxygens (including phenoxy) is 1. The van der Waals surface area contributed by atoms with Crippen LogP contribution in [0, 0.1) is 48.5 Å². The second kappa shape index (κ2) is 13.5. The molecule has 0 aliphatic heterocycles. The third-order valence-electron chi connectivity index (χ3n) is 11.8. The highest BCUT2D eigenvalue weighted by molar-refractivity contribution is 6.12. The van der Waals surface area contributed by atoms with E-state index < -0.39 is 0 Å². The molecule has 5 aromatic carbocycles. The van der Waals surface area contributed by atoms with E-state index in [-0.39, 0.29) is 0 Å². The Balaban J connectivity index is 1.27. The van der Waals surface area contributed by atoms with Gasteiger partial charge in [-0.2, -0.15) is 5.10 Å². The van der Waals surface area contributed by atoms with Gasteiger partial charge in [-0.25, -0.2) is 9.67 Å². The van der Waals surface area contributed by atoms with Crippen LogP contribution in [0.15, 0.2) is 97.2 Å². The number of aromatic nitrogens is 5. The maximum absolute atomic E-state index is 6.69. The summed E-state index contributed by atoms with van der Waals surface area (Å²) in [6, 6.07) is 33.1. The molecule has 6 heteroatoms. The van der Waals surface area contributed by atoms with E-state index in [1.165, 1.54) is 55.1 Å². The summed E-state index contributed by atoms with van der Waals surface area (Å²) in [5.74, 6) is 3.30. The van der Waals surface area contributed by atoms with Gasteiger partial charge in [0.2, 0.25) is 0 Å². The lowest BCUT2D eigenvalue weighted by Crippen LogP contribution is -2.09.